The van der Waals surface area contributed by atoms with E-state index in [1.54, 1.807) is 0 Å². The number of aliphatic imine (C=N–C) groups is 1. The van der Waals surface area contributed by atoms with Crippen molar-refractivity contribution in [2.45, 2.75) is 26.2 Å². The number of nitrogens with two attached hydrogens (primary N) is 2. The highest BCUT2D eigenvalue weighted by molar-refractivity contribution is 5.77. The summed E-state index contributed by atoms with van der Waals surface area (Å²) >= 11 is 0. The molecule has 0 aromatic heterocycles. The molecule has 1 saturated carbocycles. The second-order valence-electron chi connectivity index (χ2n) is 3.51. The average molecular weight is 156 g/mol. The van der Waals surface area contributed by atoms with Crippen molar-refractivity contribution in [3.63, 3.8) is 0 Å². The van der Waals surface area contributed by atoms with E-state index < -0.39 is 0 Å². The van der Waals surface area contributed by atoms with Gasteiger partial charge in [0.1, 0.15) is 0 Å². The molecule has 1 aliphatic carbocycles. The third-order valence-corrected chi connectivity index (χ3v) is 2.34. The molecule has 1 rings (SSSR count). The smallest absolute Gasteiger partial charge is 0.203 e. The summed E-state index contributed by atoms with van der Waals surface area (Å²) in [5, 5.41) is 0. The minimum atomic E-state index is 0.332. The first-order chi connectivity index (χ1) is 5.16. The van der Waals surface area contributed by atoms with E-state index in [1.807, 2.05) is 0 Å². The lowest BCUT2D eigenvalue weighted by atomic mass is 9.71. The van der Waals surface area contributed by atoms with Crippen molar-refractivity contribution in [3.05, 3.63) is 0 Å². The quantitative estimate of drug-likeness (QED) is 0.227. The molecule has 0 aromatic carbocycles. The van der Waals surface area contributed by atoms with Crippen LogP contribution >= 0.6 is 0 Å². The summed E-state index contributed by atoms with van der Waals surface area (Å²) < 4.78 is 0. The SMILES string of the molecule is CC1(CN=C(N)NN)CCC1. The fraction of sp³-hybridized carbons (Fsp3) is 0.857. The van der Waals surface area contributed by atoms with Crippen molar-refractivity contribution in [2.75, 3.05) is 6.54 Å². The molecule has 64 valence electrons. The zero-order valence-corrected chi connectivity index (χ0v) is 6.93. The van der Waals surface area contributed by atoms with Gasteiger partial charge in [-0.3, -0.25) is 10.4 Å². The van der Waals surface area contributed by atoms with E-state index in [-0.39, 0.29) is 0 Å². The summed E-state index contributed by atoms with van der Waals surface area (Å²) in [6.45, 7) is 3.02. The third-order valence-electron chi connectivity index (χ3n) is 2.34. The van der Waals surface area contributed by atoms with Crippen LogP contribution < -0.4 is 17.0 Å². The van der Waals surface area contributed by atoms with Gasteiger partial charge in [0.25, 0.3) is 0 Å². The molecule has 0 spiro atoms. The largest absolute Gasteiger partial charge is 0.369 e. The summed E-state index contributed by atoms with van der Waals surface area (Å²) in [5.41, 5.74) is 8.08. The maximum Gasteiger partial charge on any atom is 0.203 e. The Kier molecular flexibility index (Phi) is 2.34. The Bertz CT molecular complexity index is 160. The molecule has 4 heteroatoms. The molecule has 1 aliphatic rings. The van der Waals surface area contributed by atoms with Gasteiger partial charge in [0.05, 0.1) is 0 Å². The number of hydrogen-bond acceptors (Lipinski definition) is 2. The lowest BCUT2D eigenvalue weighted by molar-refractivity contribution is 0.173. The van der Waals surface area contributed by atoms with E-state index in [9.17, 15) is 0 Å². The summed E-state index contributed by atoms with van der Waals surface area (Å²) in [4.78, 5) is 4.09. The number of hydrazine groups is 1. The van der Waals surface area contributed by atoms with Gasteiger partial charge in [0.2, 0.25) is 5.96 Å². The van der Waals surface area contributed by atoms with Gasteiger partial charge in [0.15, 0.2) is 0 Å². The molecule has 5 N–H and O–H groups in total. The monoisotopic (exact) mass is 156 g/mol. The first-order valence-corrected chi connectivity index (χ1v) is 3.93. The Morgan fingerprint density at radius 3 is 2.64 bits per heavy atom. The molecule has 0 aliphatic heterocycles. The Balaban J connectivity index is 2.30. The van der Waals surface area contributed by atoms with E-state index in [2.05, 4.69) is 17.3 Å². The fourth-order valence-corrected chi connectivity index (χ4v) is 1.26. The van der Waals surface area contributed by atoms with Crippen LogP contribution in [0, 0.1) is 5.41 Å². The van der Waals surface area contributed by atoms with E-state index in [0.29, 0.717) is 11.4 Å². The van der Waals surface area contributed by atoms with Gasteiger partial charge >= 0.3 is 0 Å². The Morgan fingerprint density at radius 1 is 1.64 bits per heavy atom. The molecule has 4 nitrogen and oxygen atoms in total. The molecular formula is C7H16N4. The molecule has 0 radical (unpaired) electrons. The number of guanidine groups is 1. The molecule has 0 aromatic rings. The van der Waals surface area contributed by atoms with Crippen molar-refractivity contribution < 1.29 is 0 Å². The number of nitrogens with one attached hydrogen (secondary N) is 1. The second-order valence-corrected chi connectivity index (χ2v) is 3.51. The van der Waals surface area contributed by atoms with Gasteiger partial charge in [-0.05, 0) is 18.3 Å². The van der Waals surface area contributed by atoms with Gasteiger partial charge in [-0.2, -0.15) is 0 Å². The summed E-state index contributed by atoms with van der Waals surface area (Å²) in [5.74, 6) is 5.39. The highest BCUT2D eigenvalue weighted by Crippen LogP contribution is 2.40. The molecule has 1 fully saturated rings. The molecule has 0 heterocycles. The van der Waals surface area contributed by atoms with Crippen molar-refractivity contribution in [3.8, 4) is 0 Å². The highest BCUT2D eigenvalue weighted by atomic mass is 15.3. The predicted octanol–water partition coefficient (Wildman–Crippen LogP) is -0.0454. The molecule has 0 bridgehead atoms. The van der Waals surface area contributed by atoms with Gasteiger partial charge in [-0.25, -0.2) is 5.84 Å². The molecular weight excluding hydrogens is 140 g/mol. The third kappa shape index (κ3) is 2.08. The molecule has 0 saturated heterocycles. The van der Waals surface area contributed by atoms with Crippen molar-refractivity contribution in [2.24, 2.45) is 22.0 Å². The van der Waals surface area contributed by atoms with Gasteiger partial charge in [-0.15, -0.1) is 0 Å². The van der Waals surface area contributed by atoms with E-state index >= 15 is 0 Å². The maximum atomic E-state index is 5.37. The topological polar surface area (TPSA) is 76.4 Å². The van der Waals surface area contributed by atoms with Crippen LogP contribution in [-0.2, 0) is 0 Å². The number of hydrogen-bond donors (Lipinski definition) is 3. The fourth-order valence-electron chi connectivity index (χ4n) is 1.26. The molecule has 0 unspecified atom stereocenters. The minimum Gasteiger partial charge on any atom is -0.369 e. The normalized spacial score (nSPS) is 22.5. The summed E-state index contributed by atoms with van der Waals surface area (Å²) in [6, 6.07) is 0. The average Bonchev–Trinajstić information content (AvgIpc) is 1.96. The lowest BCUT2D eigenvalue weighted by Gasteiger charge is -2.36. The zero-order chi connectivity index (χ0) is 8.32. The molecule has 11 heavy (non-hydrogen) atoms. The first kappa shape index (κ1) is 8.33. The Hall–Kier alpha value is -0.770. The van der Waals surface area contributed by atoms with Crippen molar-refractivity contribution in [1.29, 1.82) is 0 Å². The second kappa shape index (κ2) is 3.09. The van der Waals surface area contributed by atoms with Crippen LogP contribution in [0.5, 0.6) is 0 Å². The first-order valence-electron chi connectivity index (χ1n) is 3.93. The number of nitrogens with zero attached hydrogens (tertiary/aromatic N) is 1. The predicted molar refractivity (Wildman–Crippen MR) is 45.8 cm³/mol. The van der Waals surface area contributed by atoms with Crippen LogP contribution in [-0.4, -0.2) is 12.5 Å². The molecule has 0 amide bonds. The van der Waals surface area contributed by atoms with Crippen molar-refractivity contribution >= 4 is 5.96 Å². The number of rotatable bonds is 2. The van der Waals surface area contributed by atoms with Gasteiger partial charge in [-0.1, -0.05) is 13.3 Å². The lowest BCUT2D eigenvalue weighted by Crippen LogP contribution is -2.39. The Labute approximate surface area is 67.0 Å². The van der Waals surface area contributed by atoms with E-state index in [1.165, 1.54) is 19.3 Å². The van der Waals surface area contributed by atoms with Crippen LogP contribution in [0.1, 0.15) is 26.2 Å². The van der Waals surface area contributed by atoms with Crippen LogP contribution in [0.4, 0.5) is 0 Å². The zero-order valence-electron chi connectivity index (χ0n) is 6.93. The van der Waals surface area contributed by atoms with E-state index in [4.69, 9.17) is 11.6 Å². The minimum absolute atomic E-state index is 0.332. The van der Waals surface area contributed by atoms with Crippen LogP contribution in [0.3, 0.4) is 0 Å². The maximum absolute atomic E-state index is 5.37. The summed E-state index contributed by atoms with van der Waals surface area (Å²) in [7, 11) is 0. The van der Waals surface area contributed by atoms with Gasteiger partial charge in [0, 0.05) is 6.54 Å². The van der Waals surface area contributed by atoms with E-state index in [0.717, 1.165) is 6.54 Å². The Morgan fingerprint density at radius 2 is 2.27 bits per heavy atom. The van der Waals surface area contributed by atoms with Crippen LogP contribution in [0.2, 0.25) is 0 Å². The molecule has 0 atom stereocenters. The van der Waals surface area contributed by atoms with Crippen molar-refractivity contribution in [1.82, 2.24) is 5.43 Å². The highest BCUT2D eigenvalue weighted by Gasteiger charge is 2.31. The van der Waals surface area contributed by atoms with Crippen LogP contribution in [0.25, 0.3) is 0 Å². The van der Waals surface area contributed by atoms with Crippen LogP contribution in [0.15, 0.2) is 4.99 Å². The summed E-state index contributed by atoms with van der Waals surface area (Å²) in [6.07, 6.45) is 3.84. The standard InChI is InChI=1S/C7H16N4/c1-7(3-2-4-7)5-10-6(8)11-9/h2-5,9H2,1H3,(H3,8,10,11). The van der Waals surface area contributed by atoms with Gasteiger partial charge < -0.3 is 5.73 Å².